The minimum Gasteiger partial charge on any atom is -0.491 e. The van der Waals surface area contributed by atoms with Crippen LogP contribution in [0.25, 0.3) is 32.3 Å². The molecular weight excluding hydrogens is 1280 g/mol. The largest absolute Gasteiger partial charge is 0.491 e. The second-order valence-corrected chi connectivity index (χ2v) is 28.0. The van der Waals surface area contributed by atoms with E-state index in [1.54, 1.807) is 0 Å². The van der Waals surface area contributed by atoms with Gasteiger partial charge in [-0.3, -0.25) is 0 Å². The van der Waals surface area contributed by atoms with Gasteiger partial charge in [0.1, 0.15) is 49.4 Å². The third kappa shape index (κ3) is 23.2. The van der Waals surface area contributed by atoms with E-state index in [0.29, 0.717) is 160 Å². The van der Waals surface area contributed by atoms with Crippen LogP contribution in [0.4, 0.5) is 0 Å². The Kier molecular flexibility index (Phi) is 34.5. The number of rotatable bonds is 28. The van der Waals surface area contributed by atoms with Gasteiger partial charge in [0.25, 0.3) is 0 Å². The Hall–Kier alpha value is -6.62. The van der Waals surface area contributed by atoms with Crippen LogP contribution in [0.15, 0.2) is 60.7 Å². The van der Waals surface area contributed by atoms with Crippen molar-refractivity contribution in [2.75, 3.05) is 132 Å². The molecule has 7 aliphatic rings. The van der Waals surface area contributed by atoms with Crippen molar-refractivity contribution in [3.63, 3.8) is 0 Å². The fourth-order valence-corrected chi connectivity index (χ4v) is 14.4. The minimum atomic E-state index is 0.236. The smallest absolute Gasteiger partial charge is 0.161 e. The summed E-state index contributed by atoms with van der Waals surface area (Å²) in [6, 6.07) is 23.6. The third-order valence-electron chi connectivity index (χ3n) is 20.8. The number of unbranched alkanes of at least 4 members (excludes halogenated alkanes) is 4. The third-order valence-corrected chi connectivity index (χ3v) is 20.8. The number of hydrogen-bond acceptors (Lipinski definition) is 14. The molecule has 6 aromatic rings. The molecule has 102 heavy (non-hydrogen) atoms. The van der Waals surface area contributed by atoms with E-state index in [2.05, 4.69) is 103 Å². The highest BCUT2D eigenvalue weighted by atomic mass is 16.6. The van der Waals surface area contributed by atoms with Crippen molar-refractivity contribution in [1.82, 2.24) is 0 Å². The first-order valence-corrected chi connectivity index (χ1v) is 39.5. The van der Waals surface area contributed by atoms with Gasteiger partial charge in [0.15, 0.2) is 23.0 Å². The molecule has 3 aliphatic carbocycles. The molecular formula is C88H120O14. The maximum Gasteiger partial charge on any atom is 0.161 e. The van der Waals surface area contributed by atoms with Crippen LogP contribution >= 0.6 is 0 Å². The van der Waals surface area contributed by atoms with Crippen LogP contribution in [0.5, 0.6) is 46.0 Å². The number of ether oxygens (including phenoxy) is 14. The molecule has 2 radical (unpaired) electrons. The average molecular weight is 1400 g/mol. The van der Waals surface area contributed by atoms with Gasteiger partial charge in [-0.15, -0.1) is 0 Å². The van der Waals surface area contributed by atoms with E-state index in [1.165, 1.54) is 11.1 Å². The number of benzene rings is 6. The molecule has 14 heteroatoms. The van der Waals surface area contributed by atoms with Crippen molar-refractivity contribution >= 4 is 32.3 Å². The lowest BCUT2D eigenvalue weighted by molar-refractivity contribution is 0.00466. The Labute approximate surface area is 611 Å². The SMILES string of the molecule is [C]#Cc1c2c(c(C#Cc3cc4[c]cc3OCCOCCOCCOCCOc3ccc(cc3)OCCOCCOCCOCCO4)c3c4cc(OCC(CC)CCCC)c(OCC(CC)CCCC)cc4c4cc(OCC(CC)CCCC)c(OCC(CC)CCCC)cc4c13)C1CCC2CC1. The predicted octanol–water partition coefficient (Wildman–Crippen LogP) is 19.7. The average Bonchev–Trinajstić information content (AvgIpc) is 0.696. The van der Waals surface area contributed by atoms with Gasteiger partial charge in [-0.25, -0.2) is 0 Å². The zero-order chi connectivity index (χ0) is 71.5. The fourth-order valence-electron chi connectivity index (χ4n) is 14.4. The summed E-state index contributed by atoms with van der Waals surface area (Å²) >= 11 is 0. The second-order valence-electron chi connectivity index (χ2n) is 28.0. The molecule has 13 rings (SSSR count). The molecule has 0 amide bonds. The molecule has 6 aromatic carbocycles. The molecule has 0 spiro atoms. The normalized spacial score (nSPS) is 18.2. The zero-order valence-electron chi connectivity index (χ0n) is 63.2. The molecule has 4 atom stereocenters. The van der Waals surface area contributed by atoms with Gasteiger partial charge in [-0.1, -0.05) is 150 Å². The molecule has 4 unspecified atom stereocenters. The van der Waals surface area contributed by atoms with Crippen molar-refractivity contribution in [3.05, 3.63) is 101 Å². The van der Waals surface area contributed by atoms with Crippen molar-refractivity contribution < 1.29 is 66.3 Å². The topological polar surface area (TPSA) is 129 Å². The van der Waals surface area contributed by atoms with E-state index in [4.69, 9.17) is 66.3 Å². The minimum absolute atomic E-state index is 0.236. The predicted molar refractivity (Wildman–Crippen MR) is 409 cm³/mol. The Morgan fingerprint density at radius 3 is 1.10 bits per heavy atom. The van der Waals surface area contributed by atoms with E-state index in [-0.39, 0.29) is 25.0 Å². The molecule has 0 N–H and O–H groups in total. The van der Waals surface area contributed by atoms with Crippen molar-refractivity contribution in [2.45, 2.75) is 196 Å². The molecule has 6 bridgehead atoms. The first-order chi connectivity index (χ1) is 50.3. The van der Waals surface area contributed by atoms with Crippen LogP contribution < -0.4 is 37.9 Å². The highest BCUT2D eigenvalue weighted by molar-refractivity contribution is 6.29. The van der Waals surface area contributed by atoms with E-state index in [9.17, 15) is 6.42 Å². The highest BCUT2D eigenvalue weighted by Crippen LogP contribution is 2.56. The maximum atomic E-state index is 9.59. The summed E-state index contributed by atoms with van der Waals surface area (Å²) < 4.78 is 88.7. The summed E-state index contributed by atoms with van der Waals surface area (Å²) in [4.78, 5) is 0. The van der Waals surface area contributed by atoms with Gasteiger partial charge in [-0.2, -0.15) is 0 Å². The van der Waals surface area contributed by atoms with Crippen molar-refractivity contribution in [3.8, 4) is 63.8 Å². The van der Waals surface area contributed by atoms with Gasteiger partial charge < -0.3 is 66.3 Å². The van der Waals surface area contributed by atoms with Crippen LogP contribution in [0.3, 0.4) is 0 Å². The first kappa shape index (κ1) is 79.5. The molecule has 4 aliphatic heterocycles. The van der Waals surface area contributed by atoms with Crippen LogP contribution in [0, 0.1) is 53.9 Å². The lowest BCUT2D eigenvalue weighted by Gasteiger charge is -2.40. The van der Waals surface area contributed by atoms with Gasteiger partial charge in [0.05, 0.1) is 111 Å². The molecule has 4 heterocycles. The first-order valence-electron chi connectivity index (χ1n) is 39.5. The van der Waals surface area contributed by atoms with Crippen molar-refractivity contribution in [1.29, 1.82) is 0 Å². The highest BCUT2D eigenvalue weighted by Gasteiger charge is 2.39. The van der Waals surface area contributed by atoms with E-state index in [1.807, 2.05) is 36.4 Å². The summed E-state index contributed by atoms with van der Waals surface area (Å²) in [5, 5.41) is 5.90. The molecule has 556 valence electrons. The quantitative estimate of drug-likeness (QED) is 0.0341. The van der Waals surface area contributed by atoms with E-state index >= 15 is 0 Å². The zero-order valence-corrected chi connectivity index (χ0v) is 63.2. The standard InChI is InChI=1S/C88H120O14/c1-10-19-23-64(14-5)60-99-81-56-76-77-57-82(100-61-65(15-6)24-20-11-2)84(102-63-67(17-8)26-22-13-4)59-79(77)88-75(86-69-29-27-68(28-30-69)85(86)74(18-9)87(88)78(76)58-83(81)101-62-66(16-7)25-21-12-3)37-31-70-55-73-36-38-80(70)98-54-50-94-46-42-90-40-44-92-48-52-96-72-34-32-71(33-35-72)95-51-47-91-43-39-89-41-45-93-49-53-97-73/h32-35,38,55-59,64-69H,10-17,19-30,39-54,60-63H2,1-8H3. The van der Waals surface area contributed by atoms with Gasteiger partial charge in [-0.05, 0) is 181 Å². The van der Waals surface area contributed by atoms with Crippen LogP contribution in [0.2, 0.25) is 0 Å². The van der Waals surface area contributed by atoms with Gasteiger partial charge >= 0.3 is 0 Å². The summed E-state index contributed by atoms with van der Waals surface area (Å²) in [7, 11) is 0. The summed E-state index contributed by atoms with van der Waals surface area (Å²) in [6.07, 6.45) is 31.4. The summed E-state index contributed by atoms with van der Waals surface area (Å²) in [5.74, 6) is 18.4. The lowest BCUT2D eigenvalue weighted by atomic mass is 9.63. The van der Waals surface area contributed by atoms with Crippen LogP contribution in [-0.4, -0.2) is 132 Å². The molecule has 14 nitrogen and oxygen atoms in total. The molecule has 1 saturated carbocycles. The fraction of sp³-hybridized carbons (Fsp3) is 0.614. The number of hydrogen-bond donors (Lipinski definition) is 0. The van der Waals surface area contributed by atoms with Crippen LogP contribution in [0.1, 0.15) is 223 Å². The Morgan fingerprint density at radius 2 is 0.735 bits per heavy atom. The van der Waals surface area contributed by atoms with Crippen LogP contribution in [-0.2, 0) is 28.4 Å². The Bertz CT molecular complexity index is 3560. The maximum absolute atomic E-state index is 9.59. The van der Waals surface area contributed by atoms with Gasteiger partial charge in [0, 0.05) is 34.0 Å². The molecule has 0 aromatic heterocycles. The summed E-state index contributed by atoms with van der Waals surface area (Å²) in [5.41, 5.74) is 4.87. The Balaban J connectivity index is 1.17. The van der Waals surface area contributed by atoms with Crippen molar-refractivity contribution in [2.24, 2.45) is 23.7 Å². The van der Waals surface area contributed by atoms with E-state index in [0.717, 1.165) is 206 Å². The lowest BCUT2D eigenvalue weighted by Crippen LogP contribution is -2.24. The monoisotopic (exact) mass is 1400 g/mol. The molecule has 1 fully saturated rings. The summed E-state index contributed by atoms with van der Waals surface area (Å²) in [6.45, 7) is 26.8. The number of fused-ring (bicyclic) bond motifs is 8. The molecule has 0 saturated heterocycles. The second kappa shape index (κ2) is 44.2. The van der Waals surface area contributed by atoms with Gasteiger partial charge in [0.2, 0.25) is 0 Å². The Morgan fingerprint density at radius 1 is 0.402 bits per heavy atom. The van der Waals surface area contributed by atoms with E-state index < -0.39 is 0 Å².